The number of hydrogen-bond donors (Lipinski definition) is 1. The summed E-state index contributed by atoms with van der Waals surface area (Å²) >= 11 is 1.70. The number of anilines is 1. The predicted molar refractivity (Wildman–Crippen MR) is 94.1 cm³/mol. The van der Waals surface area contributed by atoms with Crippen LogP contribution < -0.4 is 10.2 Å². The van der Waals surface area contributed by atoms with E-state index in [-0.39, 0.29) is 11.9 Å². The van der Waals surface area contributed by atoms with Crippen LogP contribution in [-0.2, 0) is 4.79 Å². The predicted octanol–water partition coefficient (Wildman–Crippen LogP) is 1.65. The van der Waals surface area contributed by atoms with E-state index in [1.54, 1.807) is 17.7 Å². The smallest absolute Gasteiger partial charge is 0.234 e. The van der Waals surface area contributed by atoms with Crippen molar-refractivity contribution in [3.05, 3.63) is 17.3 Å². The molecule has 1 aliphatic heterocycles. The summed E-state index contributed by atoms with van der Waals surface area (Å²) in [6, 6.07) is 2.36. The van der Waals surface area contributed by atoms with Crippen LogP contribution in [-0.4, -0.2) is 59.5 Å². The number of hydrogen-bond acceptors (Lipinski definition) is 6. The standard InChI is InChI=1S/C16H23N5OS/c1-11(2)19-14(22)9-20-4-6-21(7-5-20)15-13-8-12(3)23-16(13)18-10-17-15/h8,10-11H,4-7,9H2,1-3H3,(H,19,22). The molecule has 0 atom stereocenters. The van der Waals surface area contributed by atoms with Gasteiger partial charge in [0.1, 0.15) is 17.0 Å². The van der Waals surface area contributed by atoms with Gasteiger partial charge in [-0.25, -0.2) is 9.97 Å². The van der Waals surface area contributed by atoms with Crippen molar-refractivity contribution in [3.63, 3.8) is 0 Å². The SMILES string of the molecule is Cc1cc2c(N3CCN(CC(=O)NC(C)C)CC3)ncnc2s1. The Balaban J connectivity index is 1.63. The number of amides is 1. The molecule has 124 valence electrons. The third-order valence-electron chi connectivity index (χ3n) is 3.92. The van der Waals surface area contributed by atoms with Gasteiger partial charge in [-0.15, -0.1) is 11.3 Å². The van der Waals surface area contributed by atoms with E-state index in [1.807, 2.05) is 13.8 Å². The van der Waals surface area contributed by atoms with E-state index in [0.29, 0.717) is 6.54 Å². The lowest BCUT2D eigenvalue weighted by Crippen LogP contribution is -2.50. The van der Waals surface area contributed by atoms with Crippen molar-refractivity contribution in [1.29, 1.82) is 0 Å². The molecular weight excluding hydrogens is 310 g/mol. The van der Waals surface area contributed by atoms with Crippen LogP contribution in [0.1, 0.15) is 18.7 Å². The number of rotatable bonds is 4. The molecule has 1 saturated heterocycles. The first kappa shape index (κ1) is 16.1. The number of nitrogens with zero attached hydrogens (tertiary/aromatic N) is 4. The second-order valence-corrected chi connectivity index (χ2v) is 7.49. The van der Waals surface area contributed by atoms with Crippen molar-refractivity contribution in [3.8, 4) is 0 Å². The van der Waals surface area contributed by atoms with Crippen LogP contribution in [0.3, 0.4) is 0 Å². The molecule has 1 fully saturated rings. The summed E-state index contributed by atoms with van der Waals surface area (Å²) in [5.41, 5.74) is 0. The van der Waals surface area contributed by atoms with Gasteiger partial charge in [0.2, 0.25) is 5.91 Å². The molecule has 0 aliphatic carbocycles. The van der Waals surface area contributed by atoms with E-state index in [2.05, 4.69) is 38.1 Å². The second kappa shape index (κ2) is 6.80. The normalized spacial score (nSPS) is 16.3. The fraction of sp³-hybridized carbons (Fsp3) is 0.562. The molecule has 3 heterocycles. The van der Waals surface area contributed by atoms with Crippen LogP contribution >= 0.6 is 11.3 Å². The number of carbonyl (C=O) groups excluding carboxylic acids is 1. The Bertz CT molecular complexity index is 691. The fourth-order valence-electron chi connectivity index (χ4n) is 2.90. The van der Waals surface area contributed by atoms with Crippen molar-refractivity contribution in [1.82, 2.24) is 20.2 Å². The highest BCUT2D eigenvalue weighted by Crippen LogP contribution is 2.30. The molecule has 3 rings (SSSR count). The van der Waals surface area contributed by atoms with Gasteiger partial charge in [-0.1, -0.05) is 0 Å². The Kier molecular flexibility index (Phi) is 4.77. The number of aryl methyl sites for hydroxylation is 1. The van der Waals surface area contributed by atoms with Gasteiger partial charge in [-0.2, -0.15) is 0 Å². The quantitative estimate of drug-likeness (QED) is 0.922. The fourth-order valence-corrected chi connectivity index (χ4v) is 3.75. The number of aromatic nitrogens is 2. The van der Waals surface area contributed by atoms with Gasteiger partial charge >= 0.3 is 0 Å². The minimum absolute atomic E-state index is 0.103. The van der Waals surface area contributed by atoms with E-state index < -0.39 is 0 Å². The van der Waals surface area contributed by atoms with E-state index in [9.17, 15) is 4.79 Å². The first-order valence-corrected chi connectivity index (χ1v) is 8.82. The van der Waals surface area contributed by atoms with Crippen molar-refractivity contribution in [2.75, 3.05) is 37.6 Å². The Hall–Kier alpha value is -1.73. The van der Waals surface area contributed by atoms with Gasteiger partial charge < -0.3 is 10.2 Å². The molecule has 23 heavy (non-hydrogen) atoms. The Morgan fingerprint density at radius 3 is 2.74 bits per heavy atom. The summed E-state index contributed by atoms with van der Waals surface area (Å²) < 4.78 is 0. The Morgan fingerprint density at radius 2 is 2.04 bits per heavy atom. The number of thiophene rings is 1. The summed E-state index contributed by atoms with van der Waals surface area (Å²) in [6.07, 6.45) is 1.65. The van der Waals surface area contributed by atoms with Crippen LogP contribution in [0, 0.1) is 6.92 Å². The minimum Gasteiger partial charge on any atom is -0.353 e. The highest BCUT2D eigenvalue weighted by molar-refractivity contribution is 7.18. The summed E-state index contributed by atoms with van der Waals surface area (Å²) in [6.45, 7) is 10.1. The van der Waals surface area contributed by atoms with Gasteiger partial charge in [0.05, 0.1) is 11.9 Å². The third kappa shape index (κ3) is 3.79. The molecule has 7 heteroatoms. The summed E-state index contributed by atoms with van der Waals surface area (Å²) in [4.78, 5) is 27.5. The molecule has 6 nitrogen and oxygen atoms in total. The Morgan fingerprint density at radius 1 is 1.30 bits per heavy atom. The zero-order chi connectivity index (χ0) is 16.4. The zero-order valence-electron chi connectivity index (χ0n) is 13.9. The van der Waals surface area contributed by atoms with Crippen LogP contribution in [0.5, 0.6) is 0 Å². The summed E-state index contributed by atoms with van der Waals surface area (Å²) in [5.74, 6) is 1.12. The average molecular weight is 333 g/mol. The van der Waals surface area contributed by atoms with E-state index >= 15 is 0 Å². The molecule has 1 N–H and O–H groups in total. The largest absolute Gasteiger partial charge is 0.353 e. The highest BCUT2D eigenvalue weighted by Gasteiger charge is 2.22. The molecular formula is C16H23N5OS. The van der Waals surface area contributed by atoms with Crippen LogP contribution in [0.4, 0.5) is 5.82 Å². The molecule has 0 radical (unpaired) electrons. The molecule has 1 amide bonds. The highest BCUT2D eigenvalue weighted by atomic mass is 32.1. The second-order valence-electron chi connectivity index (χ2n) is 6.26. The lowest BCUT2D eigenvalue weighted by molar-refractivity contribution is -0.122. The molecule has 0 unspecified atom stereocenters. The third-order valence-corrected chi connectivity index (χ3v) is 4.88. The van der Waals surface area contributed by atoms with Crippen LogP contribution in [0.2, 0.25) is 0 Å². The number of carbonyl (C=O) groups is 1. The number of piperazine rings is 1. The lowest BCUT2D eigenvalue weighted by atomic mass is 10.2. The minimum atomic E-state index is 0.103. The number of fused-ring (bicyclic) bond motifs is 1. The van der Waals surface area contributed by atoms with Crippen molar-refractivity contribution >= 4 is 33.3 Å². The zero-order valence-corrected chi connectivity index (χ0v) is 14.7. The van der Waals surface area contributed by atoms with E-state index in [0.717, 1.165) is 42.2 Å². The van der Waals surface area contributed by atoms with Crippen molar-refractivity contribution < 1.29 is 4.79 Å². The van der Waals surface area contributed by atoms with E-state index in [4.69, 9.17) is 0 Å². The molecule has 0 aromatic carbocycles. The molecule has 0 saturated carbocycles. The van der Waals surface area contributed by atoms with Gasteiger partial charge in [0.15, 0.2) is 0 Å². The van der Waals surface area contributed by atoms with Gasteiger partial charge in [0.25, 0.3) is 0 Å². The maximum absolute atomic E-state index is 11.9. The van der Waals surface area contributed by atoms with Gasteiger partial charge in [-0.05, 0) is 26.8 Å². The van der Waals surface area contributed by atoms with Crippen molar-refractivity contribution in [2.45, 2.75) is 26.8 Å². The maximum Gasteiger partial charge on any atom is 0.234 e. The lowest BCUT2D eigenvalue weighted by Gasteiger charge is -2.35. The maximum atomic E-state index is 11.9. The molecule has 2 aromatic heterocycles. The van der Waals surface area contributed by atoms with Gasteiger partial charge in [0, 0.05) is 37.1 Å². The molecule has 2 aromatic rings. The molecule has 1 aliphatic rings. The molecule has 0 bridgehead atoms. The van der Waals surface area contributed by atoms with Gasteiger partial charge in [-0.3, -0.25) is 9.69 Å². The number of nitrogens with one attached hydrogen (secondary N) is 1. The Labute approximate surface area is 140 Å². The topological polar surface area (TPSA) is 61.4 Å². The first-order chi connectivity index (χ1) is 11.0. The monoisotopic (exact) mass is 333 g/mol. The molecule has 0 spiro atoms. The average Bonchev–Trinajstić information content (AvgIpc) is 2.87. The summed E-state index contributed by atoms with van der Waals surface area (Å²) in [5, 5.41) is 4.09. The van der Waals surface area contributed by atoms with Crippen LogP contribution in [0.15, 0.2) is 12.4 Å². The summed E-state index contributed by atoms with van der Waals surface area (Å²) in [7, 11) is 0. The van der Waals surface area contributed by atoms with E-state index in [1.165, 1.54) is 4.88 Å². The van der Waals surface area contributed by atoms with Crippen molar-refractivity contribution in [2.24, 2.45) is 0 Å². The van der Waals surface area contributed by atoms with Crippen LogP contribution in [0.25, 0.3) is 10.2 Å². The first-order valence-electron chi connectivity index (χ1n) is 8.01.